The second kappa shape index (κ2) is 9.12. The third-order valence-electron chi connectivity index (χ3n) is 3.63. The zero-order valence-corrected chi connectivity index (χ0v) is 14.9. The predicted molar refractivity (Wildman–Crippen MR) is 104 cm³/mol. The van der Waals surface area contributed by atoms with Crippen LogP contribution in [0.3, 0.4) is 0 Å². The minimum Gasteiger partial charge on any atom is -0.396 e. The van der Waals surface area contributed by atoms with Gasteiger partial charge < -0.3 is 15.7 Å². The van der Waals surface area contributed by atoms with Crippen LogP contribution < -0.4 is 10.6 Å². The Morgan fingerprint density at radius 1 is 0.962 bits per heavy atom. The molecule has 0 spiro atoms. The van der Waals surface area contributed by atoms with E-state index in [1.807, 2.05) is 48.5 Å². The highest BCUT2D eigenvalue weighted by atomic mass is 35.5. The molecule has 0 aliphatic carbocycles. The molecule has 0 unspecified atom stereocenters. The molecule has 0 fully saturated rings. The minimum absolute atomic E-state index is 0.118. The van der Waals surface area contributed by atoms with Crippen LogP contribution in [0.1, 0.15) is 12.0 Å². The van der Waals surface area contributed by atoms with Crippen molar-refractivity contribution in [2.24, 2.45) is 0 Å². The van der Waals surface area contributed by atoms with Gasteiger partial charge in [0.25, 0.3) is 0 Å². The van der Waals surface area contributed by atoms with Crippen LogP contribution in [0.5, 0.6) is 0 Å². The number of hydrogen-bond donors (Lipinski definition) is 3. The van der Waals surface area contributed by atoms with Crippen LogP contribution in [0.15, 0.2) is 54.7 Å². The van der Waals surface area contributed by atoms with Gasteiger partial charge in [0.2, 0.25) is 5.95 Å². The van der Waals surface area contributed by atoms with Crippen LogP contribution in [0.2, 0.25) is 5.02 Å². The number of aromatic nitrogens is 3. The van der Waals surface area contributed by atoms with Gasteiger partial charge in [0.15, 0.2) is 0 Å². The molecule has 0 radical (unpaired) electrons. The number of nitrogens with zero attached hydrogens (tertiary/aromatic N) is 3. The fourth-order valence-electron chi connectivity index (χ4n) is 2.38. The summed E-state index contributed by atoms with van der Waals surface area (Å²) in [5.74, 6) is 1.18. The van der Waals surface area contributed by atoms with E-state index in [1.54, 1.807) is 6.20 Å². The fourth-order valence-corrected chi connectivity index (χ4v) is 2.59. The number of hydrogen-bond acceptors (Lipinski definition) is 6. The summed E-state index contributed by atoms with van der Waals surface area (Å²) in [5.41, 5.74) is 2.55. The van der Waals surface area contributed by atoms with Crippen molar-refractivity contribution in [1.82, 2.24) is 15.0 Å². The van der Waals surface area contributed by atoms with Crippen molar-refractivity contribution in [2.45, 2.75) is 13.0 Å². The van der Waals surface area contributed by atoms with Gasteiger partial charge >= 0.3 is 0 Å². The number of halogens is 1. The molecule has 0 bridgehead atoms. The molecule has 3 rings (SSSR count). The summed E-state index contributed by atoms with van der Waals surface area (Å²) in [4.78, 5) is 13.4. The molecular weight excluding hydrogens is 350 g/mol. The summed E-state index contributed by atoms with van der Waals surface area (Å²) in [5, 5.41) is 16.1. The molecule has 0 amide bonds. The zero-order chi connectivity index (χ0) is 18.2. The molecule has 3 aromatic rings. The summed E-state index contributed by atoms with van der Waals surface area (Å²) in [6.45, 7) is 1.30. The van der Waals surface area contributed by atoms with Gasteiger partial charge in [0.05, 0.1) is 11.4 Å². The monoisotopic (exact) mass is 369 g/mol. The van der Waals surface area contributed by atoms with Crippen LogP contribution in [0.4, 0.5) is 11.8 Å². The van der Waals surface area contributed by atoms with Gasteiger partial charge in [0, 0.05) is 37.0 Å². The molecule has 2 aromatic heterocycles. The Labute approximate surface area is 157 Å². The lowest BCUT2D eigenvalue weighted by Gasteiger charge is -2.11. The molecule has 0 aliphatic rings. The van der Waals surface area contributed by atoms with E-state index in [4.69, 9.17) is 16.7 Å². The van der Waals surface area contributed by atoms with Crippen molar-refractivity contribution in [3.05, 3.63) is 65.3 Å². The molecule has 2 heterocycles. The third kappa shape index (κ3) is 5.15. The van der Waals surface area contributed by atoms with E-state index in [0.717, 1.165) is 17.0 Å². The van der Waals surface area contributed by atoms with Gasteiger partial charge in [-0.2, -0.15) is 4.98 Å². The van der Waals surface area contributed by atoms with Crippen LogP contribution in [-0.4, -0.2) is 33.2 Å². The van der Waals surface area contributed by atoms with E-state index in [1.165, 1.54) is 0 Å². The van der Waals surface area contributed by atoms with Crippen molar-refractivity contribution in [2.75, 3.05) is 23.8 Å². The van der Waals surface area contributed by atoms with Gasteiger partial charge in [-0.3, -0.25) is 4.98 Å². The first kappa shape index (κ1) is 18.1. The van der Waals surface area contributed by atoms with Gasteiger partial charge in [-0.15, -0.1) is 0 Å². The topological polar surface area (TPSA) is 83.0 Å². The second-order valence-electron chi connectivity index (χ2n) is 5.66. The molecule has 1 aromatic carbocycles. The maximum Gasteiger partial charge on any atom is 0.225 e. The SMILES string of the molecule is OCCCNc1nc(NCc2cccc(Cl)c2)cc(-c2ccccn2)n1. The Balaban J connectivity index is 1.81. The number of benzene rings is 1. The lowest BCUT2D eigenvalue weighted by Crippen LogP contribution is -2.10. The van der Waals surface area contributed by atoms with Crippen molar-refractivity contribution >= 4 is 23.4 Å². The highest BCUT2D eigenvalue weighted by Crippen LogP contribution is 2.20. The minimum atomic E-state index is 0.118. The van der Waals surface area contributed by atoms with Crippen molar-refractivity contribution in [1.29, 1.82) is 0 Å². The Bertz CT molecular complexity index is 844. The van der Waals surface area contributed by atoms with Crippen molar-refractivity contribution in [3.63, 3.8) is 0 Å². The number of aliphatic hydroxyl groups is 1. The lowest BCUT2D eigenvalue weighted by atomic mass is 10.2. The van der Waals surface area contributed by atoms with Crippen molar-refractivity contribution < 1.29 is 5.11 Å². The molecule has 0 atom stereocenters. The average molecular weight is 370 g/mol. The molecule has 0 aliphatic heterocycles. The summed E-state index contributed by atoms with van der Waals surface area (Å²) < 4.78 is 0. The molecule has 0 saturated carbocycles. The first-order chi connectivity index (χ1) is 12.7. The second-order valence-corrected chi connectivity index (χ2v) is 6.10. The maximum atomic E-state index is 8.95. The van der Waals surface area contributed by atoms with Gasteiger partial charge in [0.1, 0.15) is 5.82 Å². The molecule has 6 nitrogen and oxygen atoms in total. The highest BCUT2D eigenvalue weighted by molar-refractivity contribution is 6.30. The normalized spacial score (nSPS) is 10.5. The fraction of sp³-hybridized carbons (Fsp3) is 0.211. The molecule has 134 valence electrons. The van der Waals surface area contributed by atoms with Gasteiger partial charge in [-0.1, -0.05) is 29.8 Å². The van der Waals surface area contributed by atoms with E-state index in [2.05, 4.69) is 25.6 Å². The maximum absolute atomic E-state index is 8.95. The first-order valence-electron chi connectivity index (χ1n) is 8.38. The number of anilines is 2. The van der Waals surface area contributed by atoms with E-state index in [9.17, 15) is 0 Å². The zero-order valence-electron chi connectivity index (χ0n) is 14.2. The summed E-state index contributed by atoms with van der Waals surface area (Å²) >= 11 is 6.04. The van der Waals surface area contributed by atoms with E-state index in [0.29, 0.717) is 36.3 Å². The molecule has 26 heavy (non-hydrogen) atoms. The molecular formula is C19H20ClN5O. The van der Waals surface area contributed by atoms with Crippen LogP contribution in [0, 0.1) is 0 Å². The average Bonchev–Trinajstić information content (AvgIpc) is 2.67. The summed E-state index contributed by atoms with van der Waals surface area (Å²) in [6, 6.07) is 15.2. The first-order valence-corrected chi connectivity index (χ1v) is 8.76. The molecule has 7 heteroatoms. The Morgan fingerprint density at radius 3 is 2.65 bits per heavy atom. The summed E-state index contributed by atoms with van der Waals surface area (Å²) in [6.07, 6.45) is 2.36. The third-order valence-corrected chi connectivity index (χ3v) is 3.87. The smallest absolute Gasteiger partial charge is 0.225 e. The predicted octanol–water partition coefficient (Wildman–Crippen LogP) is 3.60. The van der Waals surface area contributed by atoms with E-state index in [-0.39, 0.29) is 6.61 Å². The largest absolute Gasteiger partial charge is 0.396 e. The molecule has 3 N–H and O–H groups in total. The van der Waals surface area contributed by atoms with Gasteiger partial charge in [-0.05, 0) is 36.2 Å². The van der Waals surface area contributed by atoms with Gasteiger partial charge in [-0.25, -0.2) is 4.98 Å². The van der Waals surface area contributed by atoms with E-state index >= 15 is 0 Å². The Kier molecular flexibility index (Phi) is 6.35. The Hall–Kier alpha value is -2.70. The summed E-state index contributed by atoms with van der Waals surface area (Å²) in [7, 11) is 0. The quantitative estimate of drug-likeness (QED) is 0.526. The highest BCUT2D eigenvalue weighted by Gasteiger charge is 2.08. The number of nitrogens with one attached hydrogen (secondary N) is 2. The molecule has 0 saturated heterocycles. The van der Waals surface area contributed by atoms with Crippen LogP contribution in [0.25, 0.3) is 11.4 Å². The standard InChI is InChI=1S/C19H20ClN5O/c20-15-6-3-5-14(11-15)13-23-18-12-17(16-7-1-2-8-21-16)24-19(25-18)22-9-4-10-26/h1-3,5-8,11-12,26H,4,9-10,13H2,(H2,22,23,24,25). The number of aliphatic hydroxyl groups excluding tert-OH is 1. The van der Waals surface area contributed by atoms with Crippen LogP contribution >= 0.6 is 11.6 Å². The van der Waals surface area contributed by atoms with E-state index < -0.39 is 0 Å². The Morgan fingerprint density at radius 2 is 1.88 bits per heavy atom. The lowest BCUT2D eigenvalue weighted by molar-refractivity contribution is 0.292. The number of rotatable bonds is 8. The van der Waals surface area contributed by atoms with Crippen molar-refractivity contribution in [3.8, 4) is 11.4 Å². The van der Waals surface area contributed by atoms with Crippen LogP contribution in [-0.2, 0) is 6.54 Å². The number of pyridine rings is 1.